The third-order valence-electron chi connectivity index (χ3n) is 10.2. The zero-order valence-electron chi connectivity index (χ0n) is 25.8. The molecule has 5 amide bonds. The number of hydrogen-bond donors (Lipinski definition) is 2. The topological polar surface area (TPSA) is 146 Å². The molecule has 2 N–H and O–H groups in total. The van der Waals surface area contributed by atoms with E-state index in [2.05, 4.69) is 10.4 Å². The highest BCUT2D eigenvalue weighted by Crippen LogP contribution is 2.65. The number of benzene rings is 2. The summed E-state index contributed by atoms with van der Waals surface area (Å²) in [5, 5.41) is 11.7. The Bertz CT molecular complexity index is 2020. The number of methoxy groups -OCH3 is 1. The molecule has 2 aliphatic carbocycles. The van der Waals surface area contributed by atoms with Gasteiger partial charge >= 0.3 is 12.3 Å². The largest absolute Gasteiger partial charge is 0.508 e. The number of hydrazine groups is 1. The number of aromatic hydroxyl groups is 1. The minimum atomic E-state index is -4.77. The molecule has 4 aliphatic rings. The van der Waals surface area contributed by atoms with Gasteiger partial charge in [0, 0.05) is 22.7 Å². The van der Waals surface area contributed by atoms with Gasteiger partial charge in [-0.15, -0.1) is 0 Å². The highest BCUT2D eigenvalue weighted by Gasteiger charge is 2.71. The quantitative estimate of drug-likeness (QED) is 0.249. The number of amides is 5. The minimum absolute atomic E-state index is 0.00914. The van der Waals surface area contributed by atoms with Gasteiger partial charge in [0.25, 0.3) is 11.8 Å². The predicted molar refractivity (Wildman–Crippen MR) is 169 cm³/mol. The first-order chi connectivity index (χ1) is 23.7. The average Bonchev–Trinajstić information content (AvgIpc) is 3.46. The molecule has 6 atom stereocenters. The Kier molecular flexibility index (Phi) is 7.94. The van der Waals surface area contributed by atoms with Crippen molar-refractivity contribution in [1.29, 1.82) is 0 Å². The van der Waals surface area contributed by atoms with Crippen molar-refractivity contribution >= 4 is 58.7 Å². The Morgan fingerprint density at radius 2 is 1.72 bits per heavy atom. The van der Waals surface area contributed by atoms with Gasteiger partial charge in [0.1, 0.15) is 5.75 Å². The predicted octanol–water partition coefficient (Wildman–Crippen LogP) is 5.86. The van der Waals surface area contributed by atoms with Crippen LogP contribution in [0.1, 0.15) is 35.4 Å². The summed E-state index contributed by atoms with van der Waals surface area (Å²) >= 11 is 12.4. The maximum absolute atomic E-state index is 15.1. The van der Waals surface area contributed by atoms with Gasteiger partial charge in [-0.05, 0) is 48.6 Å². The van der Waals surface area contributed by atoms with Gasteiger partial charge in [-0.1, -0.05) is 65.2 Å². The Hall–Kier alpha value is -4.95. The molecular formula is C34H25Cl2F3N4O7. The summed E-state index contributed by atoms with van der Waals surface area (Å²) in [4.78, 5) is 73.5. The van der Waals surface area contributed by atoms with Crippen LogP contribution in [0.5, 0.6) is 5.75 Å². The van der Waals surface area contributed by atoms with Crippen LogP contribution >= 0.6 is 23.2 Å². The molecule has 16 heteroatoms. The van der Waals surface area contributed by atoms with Crippen molar-refractivity contribution in [3.63, 3.8) is 0 Å². The number of carbonyl (C=O) groups is 5. The van der Waals surface area contributed by atoms with Crippen LogP contribution in [0.4, 0.5) is 23.8 Å². The van der Waals surface area contributed by atoms with E-state index in [-0.39, 0.29) is 24.2 Å². The Morgan fingerprint density at radius 3 is 2.36 bits per heavy atom. The molecule has 11 nitrogen and oxygen atoms in total. The van der Waals surface area contributed by atoms with Crippen LogP contribution in [0.25, 0.3) is 0 Å². The number of likely N-dealkylation sites (tertiary alicyclic amines) is 1. The van der Waals surface area contributed by atoms with E-state index in [1.165, 1.54) is 18.2 Å². The summed E-state index contributed by atoms with van der Waals surface area (Å²) in [5.74, 6) is -9.20. The number of carbonyl (C=O) groups excluding carboxylic acids is 5. The Morgan fingerprint density at radius 1 is 1.02 bits per heavy atom. The third-order valence-corrected chi connectivity index (χ3v) is 10.7. The molecule has 0 unspecified atom stereocenters. The molecule has 0 bridgehead atoms. The van der Waals surface area contributed by atoms with E-state index < -0.39 is 87.3 Å². The van der Waals surface area contributed by atoms with Crippen LogP contribution in [0, 0.1) is 23.7 Å². The zero-order valence-corrected chi connectivity index (χ0v) is 27.3. The molecule has 3 aromatic rings. The van der Waals surface area contributed by atoms with Gasteiger partial charge < -0.3 is 9.84 Å². The highest BCUT2D eigenvalue weighted by atomic mass is 35.5. The molecular weight excluding hydrogens is 704 g/mol. The summed E-state index contributed by atoms with van der Waals surface area (Å²) in [6.07, 6.45) is -3.85. The Balaban J connectivity index is 1.43. The molecule has 7 rings (SSSR count). The lowest BCUT2D eigenvalue weighted by molar-refractivity contribution is -0.140. The van der Waals surface area contributed by atoms with Crippen molar-refractivity contribution in [2.75, 3.05) is 12.5 Å². The summed E-state index contributed by atoms with van der Waals surface area (Å²) in [6, 6.07) is 13.0. The van der Waals surface area contributed by atoms with Gasteiger partial charge in [-0.3, -0.25) is 24.6 Å². The molecule has 3 fully saturated rings. The number of hydrogen-bond acceptors (Lipinski definition) is 9. The maximum atomic E-state index is 15.1. The molecule has 1 saturated carbocycles. The Labute approximate surface area is 291 Å². The number of halogens is 5. The fourth-order valence-electron chi connectivity index (χ4n) is 8.13. The average molecular weight is 729 g/mol. The van der Waals surface area contributed by atoms with E-state index in [4.69, 9.17) is 27.9 Å². The third kappa shape index (κ3) is 4.79. The van der Waals surface area contributed by atoms with E-state index in [9.17, 15) is 37.5 Å². The van der Waals surface area contributed by atoms with Crippen molar-refractivity contribution < 1.29 is 47.0 Å². The minimum Gasteiger partial charge on any atom is -0.508 e. The zero-order chi connectivity index (χ0) is 35.9. The number of aromatic nitrogens is 1. The number of nitrogens with one attached hydrogen (secondary N) is 1. The van der Waals surface area contributed by atoms with Crippen LogP contribution in [0.2, 0.25) is 10.0 Å². The number of para-hydroxylation sites is 1. The number of anilines is 1. The molecule has 2 aliphatic heterocycles. The van der Waals surface area contributed by atoms with E-state index >= 15 is 4.79 Å². The van der Waals surface area contributed by atoms with E-state index in [0.717, 1.165) is 7.11 Å². The summed E-state index contributed by atoms with van der Waals surface area (Å²) < 4.78 is 44.8. The second-order valence-corrected chi connectivity index (χ2v) is 13.3. The monoisotopic (exact) mass is 728 g/mol. The first-order valence-corrected chi connectivity index (χ1v) is 16.0. The summed E-state index contributed by atoms with van der Waals surface area (Å²) in [7, 11) is 1.03. The van der Waals surface area contributed by atoms with Gasteiger partial charge in [0.2, 0.25) is 11.8 Å². The van der Waals surface area contributed by atoms with E-state index in [1.54, 1.807) is 36.4 Å². The SMILES string of the molecule is COC(=O)N1C(=O)[C@H]2[C@H](CC=C3[C@H]2C[C@H]2C(=O)N(Nc4ncc(C(F)(F)F)cc4Cl)C(=O)[C@@]2(c2ccc(Cl)cc2)[C@H]3c2ccccc2O)C1=O. The lowest BCUT2D eigenvalue weighted by Crippen LogP contribution is -2.53. The van der Waals surface area contributed by atoms with Gasteiger partial charge in [-0.2, -0.15) is 23.1 Å². The molecule has 1 aromatic heterocycles. The van der Waals surface area contributed by atoms with Crippen molar-refractivity contribution in [2.45, 2.75) is 30.4 Å². The lowest BCUT2D eigenvalue weighted by Gasteiger charge is -2.50. The first kappa shape index (κ1) is 33.5. The second kappa shape index (κ2) is 11.8. The molecule has 50 heavy (non-hydrogen) atoms. The van der Waals surface area contributed by atoms with Crippen molar-refractivity contribution in [3.8, 4) is 5.75 Å². The van der Waals surface area contributed by atoms with Crippen LogP contribution in [0.15, 0.2) is 72.4 Å². The van der Waals surface area contributed by atoms with Crippen LogP contribution < -0.4 is 5.43 Å². The highest BCUT2D eigenvalue weighted by molar-refractivity contribution is 6.33. The van der Waals surface area contributed by atoms with Gasteiger partial charge in [0.05, 0.1) is 40.9 Å². The van der Waals surface area contributed by atoms with E-state index in [0.29, 0.717) is 38.3 Å². The molecule has 258 valence electrons. The van der Waals surface area contributed by atoms with E-state index in [1.807, 2.05) is 0 Å². The standard InChI is InChI=1S/C34H25Cl2F3N4O7/c1-50-32(49)42-28(45)20-11-10-18-21(25(20)30(42)47)13-22-29(46)43(41-27-23(36)12-16(14-40-27)34(37,38)39)31(48)33(22,15-6-8-17(35)9-7-15)26(18)19-4-2-3-5-24(19)44/h2-10,12,14,20-22,25-26,44H,11,13H2,1H3,(H,40,41)/t20-,21+,22-,25-,26+,33+/m0/s1. The summed E-state index contributed by atoms with van der Waals surface area (Å²) in [5.41, 5.74) is 0.598. The van der Waals surface area contributed by atoms with Gasteiger partial charge in [-0.25, -0.2) is 9.78 Å². The number of pyridine rings is 1. The van der Waals surface area contributed by atoms with Crippen molar-refractivity contribution in [2.24, 2.45) is 23.7 Å². The number of phenols is 1. The smallest absolute Gasteiger partial charge is 0.423 e. The number of alkyl halides is 3. The fourth-order valence-corrected chi connectivity index (χ4v) is 8.46. The number of ether oxygens (including phenoxy) is 1. The number of phenolic OH excluding ortho intramolecular Hbond substituents is 1. The number of nitrogens with zero attached hydrogens (tertiary/aromatic N) is 3. The molecule has 3 heterocycles. The van der Waals surface area contributed by atoms with Crippen molar-refractivity contribution in [3.05, 3.63) is 99.2 Å². The molecule has 0 radical (unpaired) electrons. The number of allylic oxidation sites excluding steroid dienone is 2. The number of rotatable bonds is 4. The fraction of sp³-hybridized carbons (Fsp3) is 0.294. The molecule has 0 spiro atoms. The molecule has 2 saturated heterocycles. The van der Waals surface area contributed by atoms with Crippen molar-refractivity contribution in [1.82, 2.24) is 14.9 Å². The normalized spacial score (nSPS) is 27.5. The van der Waals surface area contributed by atoms with Crippen LogP contribution in [-0.4, -0.2) is 56.8 Å². The number of fused-ring (bicyclic) bond motifs is 4. The second-order valence-electron chi connectivity index (χ2n) is 12.5. The summed E-state index contributed by atoms with van der Waals surface area (Å²) in [6.45, 7) is 0. The molecule has 2 aromatic carbocycles. The first-order valence-electron chi connectivity index (χ1n) is 15.3. The number of imide groups is 4. The van der Waals surface area contributed by atoms with Gasteiger partial charge in [0.15, 0.2) is 5.82 Å². The maximum Gasteiger partial charge on any atom is 0.423 e. The van der Waals surface area contributed by atoms with Crippen LogP contribution in [0.3, 0.4) is 0 Å². The van der Waals surface area contributed by atoms with Crippen LogP contribution in [-0.2, 0) is 35.5 Å². The lowest BCUT2D eigenvalue weighted by atomic mass is 9.49.